The predicted molar refractivity (Wildman–Crippen MR) is 129 cm³/mol. The molecule has 0 aliphatic rings. The lowest BCUT2D eigenvalue weighted by atomic mass is 9.92. The number of hydrogen-bond donors (Lipinski definition) is 2. The second kappa shape index (κ2) is 10.0. The highest BCUT2D eigenvalue weighted by molar-refractivity contribution is 5.99. The lowest BCUT2D eigenvalue weighted by Gasteiger charge is -2.14. The molecule has 3 rings (SSSR count). The fourth-order valence-electron chi connectivity index (χ4n) is 3.19. The molecular formula is C25H30FN5O3. The summed E-state index contributed by atoms with van der Waals surface area (Å²) in [6.45, 7) is 11.5. The maximum Gasteiger partial charge on any atom is 0.324 e. The molecule has 0 bridgehead atoms. The van der Waals surface area contributed by atoms with Gasteiger partial charge in [0.15, 0.2) is 0 Å². The highest BCUT2D eigenvalue weighted by Crippen LogP contribution is 2.28. The second-order valence-electron chi connectivity index (χ2n) is 9.39. The van der Waals surface area contributed by atoms with Crippen LogP contribution in [-0.2, 0) is 16.6 Å². The van der Waals surface area contributed by atoms with Gasteiger partial charge in [0.05, 0.1) is 17.1 Å². The number of hydrogen-bond acceptors (Lipinski definition) is 5. The first kappa shape index (κ1) is 24.9. The van der Waals surface area contributed by atoms with Gasteiger partial charge in [-0.1, -0.05) is 20.8 Å². The molecule has 0 atom stereocenters. The number of amides is 2. The van der Waals surface area contributed by atoms with Crippen molar-refractivity contribution in [2.45, 2.75) is 59.4 Å². The molecule has 0 saturated heterocycles. The number of rotatable bonds is 7. The Hall–Kier alpha value is -3.75. The normalized spacial score (nSPS) is 11.4. The molecule has 2 aromatic heterocycles. The zero-order valence-corrected chi connectivity index (χ0v) is 20.3. The van der Waals surface area contributed by atoms with E-state index in [4.69, 9.17) is 4.74 Å². The molecule has 0 aliphatic carbocycles. The minimum atomic E-state index is -0.654. The van der Waals surface area contributed by atoms with Crippen LogP contribution >= 0.6 is 0 Å². The number of nitrogens with zero attached hydrogens (tertiary/aromatic N) is 3. The van der Waals surface area contributed by atoms with E-state index in [1.165, 1.54) is 25.3 Å². The van der Waals surface area contributed by atoms with E-state index in [-0.39, 0.29) is 35.1 Å². The standard InChI is InChI=1S/C25H30FN5O3/c1-15(2)31-23(14-22(30-31)25(4,5)6)29-24(33)28-21-8-7-18(13-20(21)26)34-19-9-10-27-17(12-19)11-16(3)32/h7-10,12-15H,11H2,1-6H3,(H2,28,29,33). The molecule has 180 valence electrons. The molecule has 2 N–H and O–H groups in total. The summed E-state index contributed by atoms with van der Waals surface area (Å²) in [4.78, 5) is 28.0. The van der Waals surface area contributed by atoms with E-state index in [0.29, 0.717) is 17.3 Å². The number of carbonyl (C=O) groups excluding carboxylic acids is 2. The molecule has 8 nitrogen and oxygen atoms in total. The van der Waals surface area contributed by atoms with Crippen molar-refractivity contribution < 1.29 is 18.7 Å². The van der Waals surface area contributed by atoms with Crippen LogP contribution in [-0.4, -0.2) is 26.6 Å². The fourth-order valence-corrected chi connectivity index (χ4v) is 3.19. The zero-order valence-electron chi connectivity index (χ0n) is 20.3. The molecular weight excluding hydrogens is 437 g/mol. The van der Waals surface area contributed by atoms with Crippen LogP contribution in [0.4, 0.5) is 20.7 Å². The summed E-state index contributed by atoms with van der Waals surface area (Å²) in [5, 5.41) is 9.87. The SMILES string of the molecule is CC(=O)Cc1cc(Oc2ccc(NC(=O)Nc3cc(C(C)(C)C)nn3C(C)C)c(F)c2)ccn1. The van der Waals surface area contributed by atoms with Crippen LogP contribution in [0.5, 0.6) is 11.5 Å². The quantitative estimate of drug-likeness (QED) is 0.453. The Kier molecular flexibility index (Phi) is 7.34. The Morgan fingerprint density at radius 3 is 2.41 bits per heavy atom. The van der Waals surface area contributed by atoms with Crippen molar-refractivity contribution in [1.29, 1.82) is 0 Å². The Bertz CT molecular complexity index is 1200. The van der Waals surface area contributed by atoms with Crippen molar-refractivity contribution in [3.63, 3.8) is 0 Å². The molecule has 34 heavy (non-hydrogen) atoms. The maximum absolute atomic E-state index is 14.7. The van der Waals surface area contributed by atoms with Gasteiger partial charge in [0.25, 0.3) is 0 Å². The number of halogens is 1. The topological polar surface area (TPSA) is 98.1 Å². The van der Waals surface area contributed by atoms with Gasteiger partial charge in [0, 0.05) is 42.3 Å². The first-order valence-electron chi connectivity index (χ1n) is 11.0. The number of ether oxygens (including phenoxy) is 1. The van der Waals surface area contributed by atoms with Crippen LogP contribution in [0.2, 0.25) is 0 Å². The van der Waals surface area contributed by atoms with Crippen molar-refractivity contribution >= 4 is 23.3 Å². The van der Waals surface area contributed by atoms with Crippen molar-refractivity contribution in [1.82, 2.24) is 14.8 Å². The third-order valence-electron chi connectivity index (χ3n) is 4.88. The average Bonchev–Trinajstić information content (AvgIpc) is 3.14. The molecule has 0 fully saturated rings. The lowest BCUT2D eigenvalue weighted by Crippen LogP contribution is -2.22. The van der Waals surface area contributed by atoms with Crippen LogP contribution in [0.25, 0.3) is 0 Å². The summed E-state index contributed by atoms with van der Waals surface area (Å²) in [5.41, 5.74) is 1.22. The minimum Gasteiger partial charge on any atom is -0.457 e. The van der Waals surface area contributed by atoms with Crippen LogP contribution < -0.4 is 15.4 Å². The van der Waals surface area contributed by atoms with E-state index in [1.54, 1.807) is 22.9 Å². The van der Waals surface area contributed by atoms with E-state index < -0.39 is 11.8 Å². The highest BCUT2D eigenvalue weighted by Gasteiger charge is 2.22. The molecule has 0 aliphatic heterocycles. The van der Waals surface area contributed by atoms with Crippen molar-refractivity contribution in [3.8, 4) is 11.5 Å². The van der Waals surface area contributed by atoms with Gasteiger partial charge < -0.3 is 10.1 Å². The van der Waals surface area contributed by atoms with Gasteiger partial charge >= 0.3 is 6.03 Å². The summed E-state index contributed by atoms with van der Waals surface area (Å²) in [6, 6.07) is 8.65. The first-order valence-corrected chi connectivity index (χ1v) is 11.0. The molecule has 0 spiro atoms. The smallest absolute Gasteiger partial charge is 0.324 e. The largest absolute Gasteiger partial charge is 0.457 e. The predicted octanol–water partition coefficient (Wildman–Crippen LogP) is 5.86. The number of pyridine rings is 1. The summed E-state index contributed by atoms with van der Waals surface area (Å²) >= 11 is 0. The highest BCUT2D eigenvalue weighted by atomic mass is 19.1. The monoisotopic (exact) mass is 467 g/mol. The second-order valence-corrected chi connectivity index (χ2v) is 9.39. The molecule has 1 aromatic carbocycles. The third-order valence-corrected chi connectivity index (χ3v) is 4.88. The zero-order chi connectivity index (χ0) is 25.0. The van der Waals surface area contributed by atoms with Crippen LogP contribution in [0.1, 0.15) is 59.0 Å². The number of ketones is 1. The average molecular weight is 468 g/mol. The van der Waals surface area contributed by atoms with Crippen molar-refractivity contribution in [3.05, 3.63) is 59.8 Å². The van der Waals surface area contributed by atoms with Crippen LogP contribution in [0, 0.1) is 5.82 Å². The van der Waals surface area contributed by atoms with Crippen LogP contribution in [0.3, 0.4) is 0 Å². The van der Waals surface area contributed by atoms with Gasteiger partial charge in [0.2, 0.25) is 0 Å². The minimum absolute atomic E-state index is 0.00324. The summed E-state index contributed by atoms with van der Waals surface area (Å²) < 4.78 is 22.1. The third kappa shape index (κ3) is 6.40. The number of nitrogens with one attached hydrogen (secondary N) is 2. The van der Waals surface area contributed by atoms with E-state index in [0.717, 1.165) is 5.69 Å². The van der Waals surface area contributed by atoms with Gasteiger partial charge in [-0.3, -0.25) is 15.1 Å². The number of anilines is 2. The lowest BCUT2D eigenvalue weighted by molar-refractivity contribution is -0.116. The molecule has 0 radical (unpaired) electrons. The van der Waals surface area contributed by atoms with Gasteiger partial charge in [-0.2, -0.15) is 5.10 Å². The molecule has 2 amide bonds. The van der Waals surface area contributed by atoms with Gasteiger partial charge in [-0.05, 0) is 39.0 Å². The Morgan fingerprint density at radius 2 is 1.79 bits per heavy atom. The summed E-state index contributed by atoms with van der Waals surface area (Å²) in [7, 11) is 0. The number of Topliss-reactive ketones (excluding diaryl/α,β-unsaturated/α-hetero) is 1. The number of carbonyl (C=O) groups is 2. The molecule has 3 aromatic rings. The van der Waals surface area contributed by atoms with Gasteiger partial charge in [-0.25, -0.2) is 13.9 Å². The first-order chi connectivity index (χ1) is 15.9. The Morgan fingerprint density at radius 1 is 1.09 bits per heavy atom. The van der Waals surface area contributed by atoms with Crippen molar-refractivity contribution in [2.24, 2.45) is 0 Å². The number of aromatic nitrogens is 3. The number of urea groups is 1. The summed E-state index contributed by atoms with van der Waals surface area (Å²) in [5.74, 6) is 0.530. The van der Waals surface area contributed by atoms with Crippen LogP contribution in [0.15, 0.2) is 42.6 Å². The molecule has 0 saturated carbocycles. The van der Waals surface area contributed by atoms with Crippen molar-refractivity contribution in [2.75, 3.05) is 10.6 Å². The summed E-state index contributed by atoms with van der Waals surface area (Å²) in [6.07, 6.45) is 1.72. The number of benzene rings is 1. The Labute approximate surface area is 198 Å². The van der Waals surface area contributed by atoms with E-state index in [9.17, 15) is 14.0 Å². The van der Waals surface area contributed by atoms with Gasteiger partial charge in [-0.15, -0.1) is 0 Å². The van der Waals surface area contributed by atoms with Gasteiger partial charge in [0.1, 0.15) is 28.9 Å². The molecule has 9 heteroatoms. The van der Waals surface area contributed by atoms with E-state index in [1.807, 2.05) is 40.7 Å². The molecule has 0 unspecified atom stereocenters. The fraction of sp³-hybridized carbons (Fsp3) is 0.360. The maximum atomic E-state index is 14.7. The van der Waals surface area contributed by atoms with E-state index in [2.05, 4.69) is 20.7 Å². The Balaban J connectivity index is 1.70. The molecule has 2 heterocycles. The van der Waals surface area contributed by atoms with E-state index >= 15 is 0 Å².